The Kier molecular flexibility index (Phi) is 4.48. The predicted octanol–water partition coefficient (Wildman–Crippen LogP) is 2.56. The zero-order valence-corrected chi connectivity index (χ0v) is 11.3. The standard InChI is InChI=1S/C16H17FN2O/c1-11-7-8-13(9-14(11)17)16(20)19-15(10-18)12-5-3-2-4-6-12/h2-9,15H,10,18H2,1H3,(H,19,20). The van der Waals surface area contributed by atoms with Gasteiger partial charge >= 0.3 is 0 Å². The van der Waals surface area contributed by atoms with Gasteiger partial charge in [-0.3, -0.25) is 4.79 Å². The summed E-state index contributed by atoms with van der Waals surface area (Å²) in [4.78, 5) is 12.1. The van der Waals surface area contributed by atoms with Crippen LogP contribution in [-0.4, -0.2) is 12.5 Å². The molecule has 0 saturated heterocycles. The lowest BCUT2D eigenvalue weighted by Crippen LogP contribution is -2.33. The number of hydrogen-bond acceptors (Lipinski definition) is 2. The number of aryl methyl sites for hydroxylation is 1. The number of benzene rings is 2. The van der Waals surface area contributed by atoms with Gasteiger partial charge in [-0.05, 0) is 30.2 Å². The van der Waals surface area contributed by atoms with E-state index in [1.165, 1.54) is 6.07 Å². The van der Waals surface area contributed by atoms with Gasteiger partial charge in [-0.1, -0.05) is 36.4 Å². The van der Waals surface area contributed by atoms with Crippen molar-refractivity contribution in [2.75, 3.05) is 6.54 Å². The van der Waals surface area contributed by atoms with Crippen molar-refractivity contribution >= 4 is 5.91 Å². The van der Waals surface area contributed by atoms with Crippen molar-refractivity contribution in [3.8, 4) is 0 Å². The molecule has 0 aliphatic heterocycles. The van der Waals surface area contributed by atoms with Crippen molar-refractivity contribution in [1.82, 2.24) is 5.32 Å². The lowest BCUT2D eigenvalue weighted by Gasteiger charge is -2.17. The van der Waals surface area contributed by atoms with E-state index < -0.39 is 0 Å². The van der Waals surface area contributed by atoms with E-state index in [0.717, 1.165) is 5.56 Å². The molecule has 3 nitrogen and oxygen atoms in total. The van der Waals surface area contributed by atoms with Gasteiger partial charge < -0.3 is 11.1 Å². The van der Waals surface area contributed by atoms with Crippen LogP contribution in [0.15, 0.2) is 48.5 Å². The quantitative estimate of drug-likeness (QED) is 0.898. The van der Waals surface area contributed by atoms with Crippen LogP contribution >= 0.6 is 0 Å². The molecule has 4 heteroatoms. The fourth-order valence-electron chi connectivity index (χ4n) is 1.94. The highest BCUT2D eigenvalue weighted by Crippen LogP contribution is 2.14. The number of hydrogen-bond donors (Lipinski definition) is 2. The van der Waals surface area contributed by atoms with Gasteiger partial charge in [0.1, 0.15) is 5.82 Å². The summed E-state index contributed by atoms with van der Waals surface area (Å²) in [5, 5.41) is 2.82. The minimum Gasteiger partial charge on any atom is -0.344 e. The molecule has 2 aromatic rings. The van der Waals surface area contributed by atoms with Crippen molar-refractivity contribution in [2.45, 2.75) is 13.0 Å². The second kappa shape index (κ2) is 6.30. The molecular weight excluding hydrogens is 255 g/mol. The highest BCUT2D eigenvalue weighted by Gasteiger charge is 2.14. The van der Waals surface area contributed by atoms with Gasteiger partial charge in [-0.2, -0.15) is 0 Å². The molecule has 3 N–H and O–H groups in total. The molecule has 0 bridgehead atoms. The Morgan fingerprint density at radius 3 is 2.55 bits per heavy atom. The van der Waals surface area contributed by atoms with E-state index in [1.807, 2.05) is 30.3 Å². The highest BCUT2D eigenvalue weighted by molar-refractivity contribution is 5.94. The highest BCUT2D eigenvalue weighted by atomic mass is 19.1. The molecule has 0 fully saturated rings. The van der Waals surface area contributed by atoms with Crippen LogP contribution in [0.25, 0.3) is 0 Å². The lowest BCUT2D eigenvalue weighted by atomic mass is 10.1. The van der Waals surface area contributed by atoms with E-state index in [0.29, 0.717) is 11.1 Å². The zero-order chi connectivity index (χ0) is 14.5. The number of rotatable bonds is 4. The maximum Gasteiger partial charge on any atom is 0.251 e. The number of nitrogens with one attached hydrogen (secondary N) is 1. The van der Waals surface area contributed by atoms with Crippen molar-refractivity contribution in [3.63, 3.8) is 0 Å². The Labute approximate surface area is 117 Å². The molecule has 2 aromatic carbocycles. The van der Waals surface area contributed by atoms with Crippen LogP contribution in [-0.2, 0) is 0 Å². The first-order valence-corrected chi connectivity index (χ1v) is 6.44. The van der Waals surface area contributed by atoms with E-state index in [4.69, 9.17) is 5.73 Å². The molecule has 20 heavy (non-hydrogen) atoms. The van der Waals surface area contributed by atoms with E-state index in [1.54, 1.807) is 19.1 Å². The number of halogens is 1. The van der Waals surface area contributed by atoms with Crippen LogP contribution in [0.1, 0.15) is 27.5 Å². The summed E-state index contributed by atoms with van der Waals surface area (Å²) < 4.78 is 13.5. The topological polar surface area (TPSA) is 55.1 Å². The zero-order valence-electron chi connectivity index (χ0n) is 11.3. The fraction of sp³-hybridized carbons (Fsp3) is 0.188. The lowest BCUT2D eigenvalue weighted by molar-refractivity contribution is 0.0937. The Hall–Kier alpha value is -2.20. The van der Waals surface area contributed by atoms with Crippen LogP contribution in [0.4, 0.5) is 4.39 Å². The monoisotopic (exact) mass is 272 g/mol. The number of carbonyl (C=O) groups is 1. The molecule has 1 unspecified atom stereocenters. The summed E-state index contributed by atoms with van der Waals surface area (Å²) in [5.74, 6) is -0.718. The average Bonchev–Trinajstić information content (AvgIpc) is 2.48. The minimum absolute atomic E-state index is 0.282. The van der Waals surface area contributed by atoms with Crippen molar-refractivity contribution in [2.24, 2.45) is 5.73 Å². The SMILES string of the molecule is Cc1ccc(C(=O)NC(CN)c2ccccc2)cc1F. The second-order valence-corrected chi connectivity index (χ2v) is 4.64. The fourth-order valence-corrected chi connectivity index (χ4v) is 1.94. The van der Waals surface area contributed by atoms with Crippen molar-refractivity contribution in [3.05, 3.63) is 71.0 Å². The molecule has 1 atom stereocenters. The molecule has 0 aliphatic carbocycles. The molecule has 0 aromatic heterocycles. The van der Waals surface area contributed by atoms with Gasteiger partial charge in [0, 0.05) is 12.1 Å². The number of nitrogens with two attached hydrogens (primary N) is 1. The van der Waals surface area contributed by atoms with E-state index in [9.17, 15) is 9.18 Å². The van der Waals surface area contributed by atoms with Gasteiger partial charge in [0.15, 0.2) is 0 Å². The Bertz CT molecular complexity index is 599. The summed E-state index contributed by atoms with van der Waals surface area (Å²) in [7, 11) is 0. The average molecular weight is 272 g/mol. The molecule has 0 spiro atoms. The van der Waals surface area contributed by atoms with Gasteiger partial charge in [-0.15, -0.1) is 0 Å². The third-order valence-corrected chi connectivity index (χ3v) is 3.18. The van der Waals surface area contributed by atoms with Crippen LogP contribution in [0.2, 0.25) is 0 Å². The number of carbonyl (C=O) groups excluding carboxylic acids is 1. The van der Waals surface area contributed by atoms with Gasteiger partial charge in [0.2, 0.25) is 0 Å². The molecule has 1 amide bonds. The Morgan fingerprint density at radius 2 is 1.95 bits per heavy atom. The maximum atomic E-state index is 13.5. The summed E-state index contributed by atoms with van der Waals surface area (Å²) in [6.07, 6.45) is 0. The Balaban J connectivity index is 2.15. The Morgan fingerprint density at radius 1 is 1.25 bits per heavy atom. The third-order valence-electron chi connectivity index (χ3n) is 3.18. The molecule has 0 heterocycles. The van der Waals surface area contributed by atoms with Gasteiger partial charge in [0.05, 0.1) is 6.04 Å². The smallest absolute Gasteiger partial charge is 0.251 e. The normalized spacial score (nSPS) is 11.9. The van der Waals surface area contributed by atoms with Crippen molar-refractivity contribution < 1.29 is 9.18 Å². The molecule has 0 aliphatic rings. The van der Waals surface area contributed by atoms with Crippen LogP contribution in [0, 0.1) is 12.7 Å². The van der Waals surface area contributed by atoms with Gasteiger partial charge in [0.25, 0.3) is 5.91 Å². The van der Waals surface area contributed by atoms with Gasteiger partial charge in [-0.25, -0.2) is 4.39 Å². The third kappa shape index (κ3) is 3.22. The van der Waals surface area contributed by atoms with E-state index in [2.05, 4.69) is 5.32 Å². The molecule has 0 saturated carbocycles. The predicted molar refractivity (Wildman–Crippen MR) is 76.8 cm³/mol. The molecule has 2 rings (SSSR count). The van der Waals surface area contributed by atoms with E-state index in [-0.39, 0.29) is 24.3 Å². The van der Waals surface area contributed by atoms with Crippen LogP contribution < -0.4 is 11.1 Å². The maximum absolute atomic E-state index is 13.5. The summed E-state index contributed by atoms with van der Waals surface area (Å²) in [5.41, 5.74) is 7.43. The van der Waals surface area contributed by atoms with Crippen LogP contribution in [0.3, 0.4) is 0 Å². The first-order chi connectivity index (χ1) is 9.61. The summed E-state index contributed by atoms with van der Waals surface area (Å²) in [6.45, 7) is 1.94. The number of amides is 1. The first-order valence-electron chi connectivity index (χ1n) is 6.44. The van der Waals surface area contributed by atoms with Crippen molar-refractivity contribution in [1.29, 1.82) is 0 Å². The summed E-state index contributed by atoms with van der Waals surface area (Å²) >= 11 is 0. The summed E-state index contributed by atoms with van der Waals surface area (Å²) in [6, 6.07) is 13.6. The van der Waals surface area contributed by atoms with Crippen LogP contribution in [0.5, 0.6) is 0 Å². The molecule has 0 radical (unpaired) electrons. The second-order valence-electron chi connectivity index (χ2n) is 4.64. The molecular formula is C16H17FN2O. The largest absolute Gasteiger partial charge is 0.344 e. The van der Waals surface area contributed by atoms with E-state index >= 15 is 0 Å². The molecule has 104 valence electrons. The first kappa shape index (κ1) is 14.2. The minimum atomic E-state index is -0.387.